The summed E-state index contributed by atoms with van der Waals surface area (Å²) in [6.07, 6.45) is -2.09. The number of benzene rings is 1. The van der Waals surface area contributed by atoms with E-state index in [2.05, 4.69) is 21.1 Å². The highest BCUT2D eigenvalue weighted by Gasteiger charge is 2.45. The van der Waals surface area contributed by atoms with Crippen LogP contribution in [0, 0.1) is 17.8 Å². The van der Waals surface area contributed by atoms with Crippen molar-refractivity contribution >= 4 is 11.8 Å². The number of carbonyl (C=O) groups is 2. The Morgan fingerprint density at radius 2 is 1.53 bits per heavy atom. The van der Waals surface area contributed by atoms with E-state index in [0.717, 1.165) is 31.4 Å². The highest BCUT2D eigenvalue weighted by molar-refractivity contribution is 5.80. The van der Waals surface area contributed by atoms with Gasteiger partial charge in [0.25, 0.3) is 5.91 Å². The number of hydrazine groups is 2. The van der Waals surface area contributed by atoms with Gasteiger partial charge in [-0.1, -0.05) is 0 Å². The van der Waals surface area contributed by atoms with Crippen LogP contribution in [0.5, 0.6) is 11.5 Å². The quantitative estimate of drug-likeness (QED) is 0.576. The van der Waals surface area contributed by atoms with E-state index < -0.39 is 6.36 Å². The minimum Gasteiger partial charge on any atom is -0.484 e. The number of nitrogens with one attached hydrogen (secondary N) is 3. The number of likely N-dealkylation sites (tertiary alicyclic amines) is 2. The molecule has 34 heavy (non-hydrogen) atoms. The van der Waals surface area contributed by atoms with E-state index in [0.29, 0.717) is 32.2 Å². The molecule has 1 aliphatic carbocycles. The van der Waals surface area contributed by atoms with Crippen LogP contribution in [0.15, 0.2) is 24.3 Å². The third kappa shape index (κ3) is 5.08. The van der Waals surface area contributed by atoms with Gasteiger partial charge < -0.3 is 19.3 Å². The molecule has 5 atom stereocenters. The first-order chi connectivity index (χ1) is 16.2. The van der Waals surface area contributed by atoms with Crippen LogP contribution in [0.2, 0.25) is 0 Å². The summed E-state index contributed by atoms with van der Waals surface area (Å²) < 4.78 is 46.0. The average Bonchev–Trinajstić information content (AvgIpc) is 3.51. The lowest BCUT2D eigenvalue weighted by Crippen LogP contribution is -2.45. The van der Waals surface area contributed by atoms with Crippen LogP contribution in [0.1, 0.15) is 19.3 Å². The number of ether oxygens (including phenoxy) is 2. The first-order valence-electron chi connectivity index (χ1n) is 11.6. The Bertz CT molecular complexity index is 901. The van der Waals surface area contributed by atoms with E-state index in [1.54, 1.807) is 4.90 Å². The normalized spacial score (nSPS) is 30.7. The monoisotopic (exact) mass is 483 g/mol. The van der Waals surface area contributed by atoms with E-state index in [9.17, 15) is 22.8 Å². The third-order valence-corrected chi connectivity index (χ3v) is 7.28. The van der Waals surface area contributed by atoms with Gasteiger partial charge in [0.15, 0.2) is 6.61 Å². The number of halogens is 3. The second kappa shape index (κ2) is 9.23. The first kappa shape index (κ1) is 23.2. The number of hydrogen-bond donors (Lipinski definition) is 3. The van der Waals surface area contributed by atoms with Gasteiger partial charge >= 0.3 is 6.36 Å². The van der Waals surface area contributed by atoms with E-state index in [4.69, 9.17) is 4.74 Å². The smallest absolute Gasteiger partial charge is 0.484 e. The maximum Gasteiger partial charge on any atom is 0.573 e. The molecule has 3 N–H and O–H groups in total. The molecule has 3 unspecified atom stereocenters. The zero-order chi connectivity index (χ0) is 23.9. The number of rotatable bonds is 5. The maximum absolute atomic E-state index is 13.1. The molecule has 186 valence electrons. The van der Waals surface area contributed by atoms with Crippen molar-refractivity contribution in [2.45, 2.75) is 37.7 Å². The number of carbonyl (C=O) groups excluding carboxylic acids is 2. The zero-order valence-corrected chi connectivity index (χ0v) is 18.5. The SMILES string of the molecule is O=C(COc1ccc(OC(F)(F)F)cc1)N1C[C@@H]2CN(C(=O)C3CCC4NNNC4C3)C[C@H]2C1. The van der Waals surface area contributed by atoms with Crippen molar-refractivity contribution in [2.75, 3.05) is 32.8 Å². The highest BCUT2D eigenvalue weighted by atomic mass is 19.4. The van der Waals surface area contributed by atoms with Crippen molar-refractivity contribution < 1.29 is 32.2 Å². The molecular formula is C22H28F3N5O4. The Balaban J connectivity index is 1.06. The van der Waals surface area contributed by atoms with Crippen molar-refractivity contribution in [3.05, 3.63) is 24.3 Å². The Morgan fingerprint density at radius 1 is 0.912 bits per heavy atom. The number of hydrogen-bond acceptors (Lipinski definition) is 7. The Hall–Kier alpha value is -2.57. The Morgan fingerprint density at radius 3 is 2.21 bits per heavy atom. The van der Waals surface area contributed by atoms with Crippen LogP contribution in [0.4, 0.5) is 13.2 Å². The van der Waals surface area contributed by atoms with Crippen LogP contribution < -0.4 is 25.9 Å². The molecule has 4 aliphatic rings. The number of amides is 2. The number of alkyl halides is 3. The van der Waals surface area contributed by atoms with Crippen molar-refractivity contribution in [3.8, 4) is 11.5 Å². The summed E-state index contributed by atoms with van der Waals surface area (Å²) in [6, 6.07) is 5.58. The summed E-state index contributed by atoms with van der Waals surface area (Å²) >= 11 is 0. The van der Waals surface area contributed by atoms with Crippen LogP contribution in [-0.2, 0) is 9.59 Å². The van der Waals surface area contributed by atoms with E-state index >= 15 is 0 Å². The van der Waals surface area contributed by atoms with Crippen molar-refractivity contribution in [1.82, 2.24) is 26.2 Å². The fourth-order valence-corrected chi connectivity index (χ4v) is 5.56. The molecule has 3 aliphatic heterocycles. The number of fused-ring (bicyclic) bond motifs is 2. The molecule has 1 aromatic rings. The molecular weight excluding hydrogens is 455 g/mol. The fraction of sp³-hybridized carbons (Fsp3) is 0.636. The Labute approximate surface area is 194 Å². The van der Waals surface area contributed by atoms with E-state index in [-0.39, 0.29) is 53.7 Å². The molecule has 0 bridgehead atoms. The van der Waals surface area contributed by atoms with E-state index in [1.165, 1.54) is 12.1 Å². The van der Waals surface area contributed by atoms with Gasteiger partial charge in [-0.05, 0) is 43.5 Å². The number of nitrogens with zero attached hydrogens (tertiary/aromatic N) is 2. The minimum atomic E-state index is -4.76. The van der Waals surface area contributed by atoms with Gasteiger partial charge in [-0.15, -0.1) is 13.2 Å². The predicted octanol–water partition coefficient (Wildman–Crippen LogP) is 1.03. The molecule has 0 aromatic heterocycles. The van der Waals surface area contributed by atoms with Gasteiger partial charge in [0, 0.05) is 56.0 Å². The van der Waals surface area contributed by atoms with E-state index in [1.807, 2.05) is 4.90 Å². The van der Waals surface area contributed by atoms with Crippen molar-refractivity contribution in [1.29, 1.82) is 0 Å². The minimum absolute atomic E-state index is 0.0355. The van der Waals surface area contributed by atoms with Crippen LogP contribution >= 0.6 is 0 Å². The molecule has 9 nitrogen and oxygen atoms in total. The molecule has 2 amide bonds. The average molecular weight is 483 g/mol. The van der Waals surface area contributed by atoms with Crippen molar-refractivity contribution in [3.63, 3.8) is 0 Å². The molecule has 3 heterocycles. The topological polar surface area (TPSA) is 95.2 Å². The summed E-state index contributed by atoms with van der Waals surface area (Å²) in [5.41, 5.74) is 9.33. The molecule has 4 fully saturated rings. The van der Waals surface area contributed by atoms with Crippen LogP contribution in [0.3, 0.4) is 0 Å². The molecule has 1 aromatic carbocycles. The molecule has 1 saturated carbocycles. The molecule has 0 spiro atoms. The second-order valence-corrected chi connectivity index (χ2v) is 9.51. The Kier molecular flexibility index (Phi) is 6.30. The fourth-order valence-electron chi connectivity index (χ4n) is 5.56. The van der Waals surface area contributed by atoms with Gasteiger partial charge in [0.2, 0.25) is 5.91 Å². The van der Waals surface area contributed by atoms with Crippen LogP contribution in [-0.4, -0.2) is 72.8 Å². The molecule has 3 saturated heterocycles. The van der Waals surface area contributed by atoms with Gasteiger partial charge in [0.1, 0.15) is 11.5 Å². The van der Waals surface area contributed by atoms with Gasteiger partial charge in [-0.25, -0.2) is 10.9 Å². The predicted molar refractivity (Wildman–Crippen MR) is 113 cm³/mol. The summed E-state index contributed by atoms with van der Waals surface area (Å²) in [4.78, 5) is 29.4. The summed E-state index contributed by atoms with van der Waals surface area (Å²) in [6.45, 7) is 2.31. The second-order valence-electron chi connectivity index (χ2n) is 9.51. The highest BCUT2D eigenvalue weighted by Crippen LogP contribution is 2.34. The standard InChI is InChI=1S/C22H28F3N5O4/c23-22(24,25)34-17-4-2-16(3-5-17)33-12-20(31)29-8-14-10-30(11-15(14)9-29)21(32)13-1-6-18-19(7-13)27-28-26-18/h2-5,13-15,18-19,26-28H,1,6-12H2/t13?,14-,15-,18?,19?/m1/s1. The zero-order valence-electron chi connectivity index (χ0n) is 18.5. The first-order valence-corrected chi connectivity index (χ1v) is 11.6. The summed E-state index contributed by atoms with van der Waals surface area (Å²) in [5.74, 6) is 0.545. The van der Waals surface area contributed by atoms with Crippen LogP contribution in [0.25, 0.3) is 0 Å². The summed E-state index contributed by atoms with van der Waals surface area (Å²) in [7, 11) is 0. The van der Waals surface area contributed by atoms with Gasteiger partial charge in [-0.3, -0.25) is 9.59 Å². The molecule has 5 rings (SSSR count). The third-order valence-electron chi connectivity index (χ3n) is 7.28. The lowest BCUT2D eigenvalue weighted by atomic mass is 9.82. The van der Waals surface area contributed by atoms with Crippen molar-refractivity contribution in [2.24, 2.45) is 17.8 Å². The van der Waals surface area contributed by atoms with Gasteiger partial charge in [0.05, 0.1) is 0 Å². The molecule has 12 heteroatoms. The lowest BCUT2D eigenvalue weighted by molar-refractivity contribution is -0.274. The summed E-state index contributed by atoms with van der Waals surface area (Å²) in [5, 5.41) is 0. The largest absolute Gasteiger partial charge is 0.573 e. The lowest BCUT2D eigenvalue weighted by Gasteiger charge is -2.32. The maximum atomic E-state index is 13.1. The molecule has 0 radical (unpaired) electrons. The van der Waals surface area contributed by atoms with Gasteiger partial charge in [-0.2, -0.15) is 5.53 Å².